The van der Waals surface area contributed by atoms with E-state index in [9.17, 15) is 8.42 Å². The minimum absolute atomic E-state index is 0.0489. The lowest BCUT2D eigenvalue weighted by molar-refractivity contribution is 0.272. The van der Waals surface area contributed by atoms with Gasteiger partial charge in [-0.3, -0.25) is 4.68 Å². The lowest BCUT2D eigenvalue weighted by atomic mass is 10.1. The summed E-state index contributed by atoms with van der Waals surface area (Å²) in [7, 11) is -0.0696. The smallest absolute Gasteiger partial charge is 0.316 e. The molecule has 1 aliphatic rings. The van der Waals surface area contributed by atoms with Gasteiger partial charge in [0.1, 0.15) is 12.3 Å². The SMILES string of the molecule is Cn1cnc(S(=O)(=O)N2CCc3c(c(COc4ncccn4)nn3C)C2)c1. The molecule has 0 saturated heterocycles. The number of hydrogen-bond acceptors (Lipinski definition) is 7. The van der Waals surface area contributed by atoms with Gasteiger partial charge in [0.05, 0.1) is 6.33 Å². The molecule has 11 heteroatoms. The molecule has 0 saturated carbocycles. The quantitative estimate of drug-likeness (QED) is 0.616. The zero-order valence-electron chi connectivity index (χ0n) is 15.0. The fourth-order valence-corrected chi connectivity index (χ4v) is 4.49. The molecular weight excluding hydrogens is 370 g/mol. The van der Waals surface area contributed by atoms with Gasteiger partial charge in [-0.1, -0.05) is 0 Å². The second kappa shape index (κ2) is 6.74. The van der Waals surface area contributed by atoms with Crippen molar-refractivity contribution < 1.29 is 13.2 Å². The summed E-state index contributed by atoms with van der Waals surface area (Å²) in [5.41, 5.74) is 2.55. The number of nitrogens with zero attached hydrogens (tertiary/aromatic N) is 7. The Balaban J connectivity index is 1.58. The maximum atomic E-state index is 12.9. The van der Waals surface area contributed by atoms with E-state index in [0.717, 1.165) is 11.3 Å². The van der Waals surface area contributed by atoms with E-state index >= 15 is 0 Å². The highest BCUT2D eigenvalue weighted by atomic mass is 32.2. The van der Waals surface area contributed by atoms with E-state index in [0.29, 0.717) is 18.7 Å². The lowest BCUT2D eigenvalue weighted by Gasteiger charge is -2.26. The number of fused-ring (bicyclic) bond motifs is 1. The third kappa shape index (κ3) is 3.30. The van der Waals surface area contributed by atoms with Crippen molar-refractivity contribution in [2.75, 3.05) is 6.54 Å². The molecule has 0 spiro atoms. The Morgan fingerprint density at radius 2 is 1.96 bits per heavy atom. The largest absolute Gasteiger partial charge is 0.457 e. The molecular formula is C16H19N7O3S. The summed E-state index contributed by atoms with van der Waals surface area (Å²) in [4.78, 5) is 12.0. The average molecular weight is 389 g/mol. The van der Waals surface area contributed by atoms with Gasteiger partial charge in [-0.05, 0) is 6.07 Å². The molecule has 0 fully saturated rings. The van der Waals surface area contributed by atoms with E-state index in [1.54, 1.807) is 34.8 Å². The molecule has 4 heterocycles. The standard InChI is InChI=1S/C16H19N7O3S/c1-21-9-15(19-11-21)27(24,25)23-7-4-14-12(8-23)13(20-22(14)2)10-26-16-17-5-3-6-18-16/h3,5-6,9,11H,4,7-8,10H2,1-2H3. The van der Waals surface area contributed by atoms with Crippen LogP contribution in [0.4, 0.5) is 0 Å². The van der Waals surface area contributed by atoms with Crippen LogP contribution >= 0.6 is 0 Å². The molecule has 27 heavy (non-hydrogen) atoms. The summed E-state index contributed by atoms with van der Waals surface area (Å²) in [5, 5.41) is 4.54. The van der Waals surface area contributed by atoms with Crippen molar-refractivity contribution in [2.24, 2.45) is 14.1 Å². The van der Waals surface area contributed by atoms with E-state index in [2.05, 4.69) is 20.1 Å². The van der Waals surface area contributed by atoms with Crippen LogP contribution in [0.5, 0.6) is 6.01 Å². The first-order valence-electron chi connectivity index (χ1n) is 8.36. The van der Waals surface area contributed by atoms with Crippen LogP contribution in [0.1, 0.15) is 17.0 Å². The van der Waals surface area contributed by atoms with Gasteiger partial charge in [-0.2, -0.15) is 9.40 Å². The number of sulfonamides is 1. The van der Waals surface area contributed by atoms with Gasteiger partial charge in [0, 0.05) is 63.5 Å². The Kier molecular flexibility index (Phi) is 4.40. The second-order valence-electron chi connectivity index (χ2n) is 6.28. The Morgan fingerprint density at radius 1 is 1.19 bits per heavy atom. The molecule has 142 valence electrons. The van der Waals surface area contributed by atoms with Crippen LogP contribution in [0, 0.1) is 0 Å². The van der Waals surface area contributed by atoms with Crippen molar-refractivity contribution in [3.05, 3.63) is 47.9 Å². The predicted molar refractivity (Wildman–Crippen MR) is 94.1 cm³/mol. The molecule has 0 aliphatic carbocycles. The van der Waals surface area contributed by atoms with Gasteiger partial charge in [0.2, 0.25) is 0 Å². The summed E-state index contributed by atoms with van der Waals surface area (Å²) in [6.07, 6.45) is 6.75. The van der Waals surface area contributed by atoms with Crippen molar-refractivity contribution in [1.82, 2.24) is 33.6 Å². The normalized spacial score (nSPS) is 14.9. The van der Waals surface area contributed by atoms with E-state index in [1.165, 1.54) is 16.8 Å². The maximum absolute atomic E-state index is 12.9. The Morgan fingerprint density at radius 3 is 2.67 bits per heavy atom. The molecule has 0 amide bonds. The topological polar surface area (TPSA) is 108 Å². The molecule has 10 nitrogen and oxygen atoms in total. The van der Waals surface area contributed by atoms with Gasteiger partial charge in [-0.15, -0.1) is 0 Å². The van der Waals surface area contributed by atoms with Crippen LogP contribution in [0.3, 0.4) is 0 Å². The van der Waals surface area contributed by atoms with Crippen LogP contribution in [-0.4, -0.2) is 48.6 Å². The van der Waals surface area contributed by atoms with E-state index in [4.69, 9.17) is 4.74 Å². The van der Waals surface area contributed by atoms with E-state index in [-0.39, 0.29) is 24.2 Å². The molecule has 4 rings (SSSR count). The van der Waals surface area contributed by atoms with Gasteiger partial charge in [0.15, 0.2) is 5.03 Å². The predicted octanol–water partition coefficient (Wildman–Crippen LogP) is 0.270. The molecule has 0 bridgehead atoms. The van der Waals surface area contributed by atoms with Crippen molar-refractivity contribution >= 4 is 10.0 Å². The van der Waals surface area contributed by atoms with Gasteiger partial charge < -0.3 is 9.30 Å². The van der Waals surface area contributed by atoms with E-state index in [1.807, 2.05) is 7.05 Å². The average Bonchev–Trinajstić information content (AvgIpc) is 3.25. The Bertz CT molecular complexity index is 1060. The summed E-state index contributed by atoms with van der Waals surface area (Å²) >= 11 is 0. The number of imidazole rings is 1. The first kappa shape index (κ1) is 17.6. The first-order valence-corrected chi connectivity index (χ1v) is 9.80. The third-order valence-corrected chi connectivity index (χ3v) is 6.19. The van der Waals surface area contributed by atoms with Crippen LogP contribution in [0.25, 0.3) is 0 Å². The van der Waals surface area contributed by atoms with Crippen LogP contribution in [-0.2, 0) is 43.7 Å². The fraction of sp³-hybridized carbons (Fsp3) is 0.375. The van der Waals surface area contributed by atoms with Crippen LogP contribution < -0.4 is 4.74 Å². The molecule has 1 aliphatic heterocycles. The highest BCUT2D eigenvalue weighted by Gasteiger charge is 2.33. The summed E-state index contributed by atoms with van der Waals surface area (Å²) in [6, 6.07) is 1.96. The van der Waals surface area contributed by atoms with E-state index < -0.39 is 10.0 Å². The monoisotopic (exact) mass is 389 g/mol. The highest BCUT2D eigenvalue weighted by Crippen LogP contribution is 2.26. The molecule has 3 aromatic rings. The third-order valence-electron chi connectivity index (χ3n) is 4.46. The second-order valence-corrected chi connectivity index (χ2v) is 8.17. The van der Waals surface area contributed by atoms with Crippen molar-refractivity contribution in [2.45, 2.75) is 24.6 Å². The molecule has 3 aromatic heterocycles. The molecule has 0 atom stereocenters. The number of aryl methyl sites for hydroxylation is 2. The first-order chi connectivity index (χ1) is 12.9. The van der Waals surface area contributed by atoms with Crippen LogP contribution in [0.15, 0.2) is 36.0 Å². The summed E-state index contributed by atoms with van der Waals surface area (Å²) in [5.74, 6) is 0. The number of hydrogen-bond donors (Lipinski definition) is 0. The lowest BCUT2D eigenvalue weighted by Crippen LogP contribution is -2.36. The zero-order chi connectivity index (χ0) is 19.0. The number of ether oxygens (including phenoxy) is 1. The Hall–Kier alpha value is -2.79. The highest BCUT2D eigenvalue weighted by molar-refractivity contribution is 7.89. The number of rotatable bonds is 5. The molecule has 0 unspecified atom stereocenters. The van der Waals surface area contributed by atoms with Crippen molar-refractivity contribution in [3.63, 3.8) is 0 Å². The molecule has 0 radical (unpaired) electrons. The fourth-order valence-electron chi connectivity index (χ4n) is 3.11. The van der Waals surface area contributed by atoms with Gasteiger partial charge in [-0.25, -0.2) is 23.4 Å². The zero-order valence-corrected chi connectivity index (χ0v) is 15.8. The minimum Gasteiger partial charge on any atom is -0.457 e. The number of aromatic nitrogens is 6. The van der Waals surface area contributed by atoms with Gasteiger partial charge in [0.25, 0.3) is 10.0 Å². The molecule has 0 aromatic carbocycles. The van der Waals surface area contributed by atoms with Crippen LogP contribution in [0.2, 0.25) is 0 Å². The minimum atomic E-state index is -3.66. The Labute approximate surface area is 156 Å². The molecule has 0 N–H and O–H groups in total. The van der Waals surface area contributed by atoms with Crippen molar-refractivity contribution in [3.8, 4) is 6.01 Å². The summed E-state index contributed by atoms with van der Waals surface area (Å²) < 4.78 is 36.2. The summed E-state index contributed by atoms with van der Waals surface area (Å²) in [6.45, 7) is 0.786. The van der Waals surface area contributed by atoms with Crippen molar-refractivity contribution in [1.29, 1.82) is 0 Å². The maximum Gasteiger partial charge on any atom is 0.316 e. The van der Waals surface area contributed by atoms with Gasteiger partial charge >= 0.3 is 6.01 Å².